The highest BCUT2D eigenvalue weighted by Gasteiger charge is 2.08. The summed E-state index contributed by atoms with van der Waals surface area (Å²) in [5.74, 6) is 0.853. The predicted molar refractivity (Wildman–Crippen MR) is 87.0 cm³/mol. The second-order valence-corrected chi connectivity index (χ2v) is 5.43. The van der Waals surface area contributed by atoms with Gasteiger partial charge in [-0.1, -0.05) is 34.1 Å². The van der Waals surface area contributed by atoms with E-state index in [0.717, 1.165) is 30.1 Å². The first-order chi connectivity index (χ1) is 10.2. The summed E-state index contributed by atoms with van der Waals surface area (Å²) < 4.78 is 2.89. The van der Waals surface area contributed by atoms with Crippen molar-refractivity contribution in [3.63, 3.8) is 0 Å². The summed E-state index contributed by atoms with van der Waals surface area (Å²) in [4.78, 5) is 10.3. The molecule has 1 aromatic carbocycles. The zero-order valence-electron chi connectivity index (χ0n) is 12.2. The van der Waals surface area contributed by atoms with Crippen molar-refractivity contribution >= 4 is 21.9 Å². The number of nitrogens with zero attached hydrogens (tertiary/aromatic N) is 5. The molecule has 0 fully saturated rings. The van der Waals surface area contributed by atoms with Crippen LogP contribution >= 0.6 is 15.9 Å². The van der Waals surface area contributed by atoms with E-state index in [0.29, 0.717) is 0 Å². The number of guanidine groups is 1. The van der Waals surface area contributed by atoms with E-state index < -0.39 is 0 Å². The highest BCUT2D eigenvalue weighted by atomic mass is 79.9. The van der Waals surface area contributed by atoms with E-state index in [-0.39, 0.29) is 0 Å². The molecule has 112 valence electrons. The van der Waals surface area contributed by atoms with Crippen LogP contribution in [0.25, 0.3) is 0 Å². The normalized spacial score (nSPS) is 11.5. The van der Waals surface area contributed by atoms with Crippen molar-refractivity contribution in [3.8, 4) is 0 Å². The Bertz CT molecular complexity index is 581. The second kappa shape index (κ2) is 7.78. The molecular formula is C14H19BrN6. The maximum absolute atomic E-state index is 4.30. The van der Waals surface area contributed by atoms with E-state index >= 15 is 0 Å². The standard InChI is InChI=1S/C14H19BrN6/c1-16-14(18-7-8-21-11-17-10-19-21)20(2)9-12-5-3-4-6-13(12)15/h3-6,10-11H,7-9H2,1-2H3,(H,16,18). The van der Waals surface area contributed by atoms with Gasteiger partial charge in [0.05, 0.1) is 6.54 Å². The van der Waals surface area contributed by atoms with E-state index in [9.17, 15) is 0 Å². The van der Waals surface area contributed by atoms with E-state index in [2.05, 4.69) is 47.3 Å². The average molecular weight is 351 g/mol. The number of rotatable bonds is 5. The Kier molecular flexibility index (Phi) is 5.74. The van der Waals surface area contributed by atoms with Crippen LogP contribution in [0.3, 0.4) is 0 Å². The van der Waals surface area contributed by atoms with Crippen LogP contribution in [0.1, 0.15) is 5.56 Å². The maximum atomic E-state index is 4.30. The maximum Gasteiger partial charge on any atom is 0.193 e. The Balaban J connectivity index is 1.87. The molecule has 1 N–H and O–H groups in total. The number of hydrogen-bond donors (Lipinski definition) is 1. The van der Waals surface area contributed by atoms with Crippen LogP contribution < -0.4 is 5.32 Å². The van der Waals surface area contributed by atoms with Crippen LogP contribution in [-0.4, -0.2) is 46.3 Å². The largest absolute Gasteiger partial charge is 0.354 e. The van der Waals surface area contributed by atoms with Crippen molar-refractivity contribution in [2.75, 3.05) is 20.6 Å². The summed E-state index contributed by atoms with van der Waals surface area (Å²) in [5, 5.41) is 7.39. The minimum absolute atomic E-state index is 0.746. The first-order valence-electron chi connectivity index (χ1n) is 6.68. The molecule has 1 heterocycles. The van der Waals surface area contributed by atoms with Gasteiger partial charge in [0.2, 0.25) is 0 Å². The molecular weight excluding hydrogens is 332 g/mol. The Morgan fingerprint density at radius 2 is 2.24 bits per heavy atom. The first-order valence-corrected chi connectivity index (χ1v) is 7.47. The molecule has 0 unspecified atom stereocenters. The van der Waals surface area contributed by atoms with Gasteiger partial charge < -0.3 is 10.2 Å². The molecule has 0 spiro atoms. The van der Waals surface area contributed by atoms with Gasteiger partial charge in [0.25, 0.3) is 0 Å². The number of hydrogen-bond acceptors (Lipinski definition) is 3. The molecule has 21 heavy (non-hydrogen) atoms. The molecule has 0 bridgehead atoms. The lowest BCUT2D eigenvalue weighted by atomic mass is 10.2. The van der Waals surface area contributed by atoms with Gasteiger partial charge in [-0.25, -0.2) is 4.98 Å². The monoisotopic (exact) mass is 350 g/mol. The van der Waals surface area contributed by atoms with Crippen molar-refractivity contribution < 1.29 is 0 Å². The van der Waals surface area contributed by atoms with Crippen molar-refractivity contribution in [2.45, 2.75) is 13.1 Å². The molecule has 1 aromatic heterocycles. The third-order valence-corrected chi connectivity index (χ3v) is 3.80. The third kappa shape index (κ3) is 4.56. The summed E-state index contributed by atoms with van der Waals surface area (Å²) in [7, 11) is 3.80. The van der Waals surface area contributed by atoms with Crippen molar-refractivity contribution in [1.29, 1.82) is 0 Å². The fourth-order valence-electron chi connectivity index (χ4n) is 1.97. The molecule has 0 aliphatic heterocycles. The van der Waals surface area contributed by atoms with Gasteiger partial charge in [-0.2, -0.15) is 5.10 Å². The lowest BCUT2D eigenvalue weighted by Gasteiger charge is -2.22. The van der Waals surface area contributed by atoms with Crippen LogP contribution in [0.15, 0.2) is 46.4 Å². The Morgan fingerprint density at radius 3 is 2.90 bits per heavy atom. The molecule has 0 radical (unpaired) electrons. The van der Waals surface area contributed by atoms with Gasteiger partial charge in [0, 0.05) is 31.7 Å². The molecule has 2 rings (SSSR count). The average Bonchev–Trinajstić information content (AvgIpc) is 2.99. The summed E-state index contributed by atoms with van der Waals surface area (Å²) in [6.07, 6.45) is 3.24. The molecule has 2 aromatic rings. The van der Waals surface area contributed by atoms with E-state index in [1.807, 2.05) is 25.2 Å². The number of halogens is 1. The van der Waals surface area contributed by atoms with Gasteiger partial charge in [-0.05, 0) is 11.6 Å². The number of benzene rings is 1. The van der Waals surface area contributed by atoms with Crippen molar-refractivity contribution in [3.05, 3.63) is 47.0 Å². The van der Waals surface area contributed by atoms with Gasteiger partial charge in [-0.15, -0.1) is 0 Å². The summed E-state index contributed by atoms with van der Waals surface area (Å²) in [5.41, 5.74) is 1.22. The van der Waals surface area contributed by atoms with Gasteiger partial charge >= 0.3 is 0 Å². The molecule has 0 atom stereocenters. The third-order valence-electron chi connectivity index (χ3n) is 3.03. The highest BCUT2D eigenvalue weighted by molar-refractivity contribution is 9.10. The lowest BCUT2D eigenvalue weighted by molar-refractivity contribution is 0.469. The van der Waals surface area contributed by atoms with E-state index in [4.69, 9.17) is 0 Å². The smallest absolute Gasteiger partial charge is 0.193 e. The van der Waals surface area contributed by atoms with Crippen LogP contribution in [0.5, 0.6) is 0 Å². The van der Waals surface area contributed by atoms with Crippen molar-refractivity contribution in [1.82, 2.24) is 25.0 Å². The van der Waals surface area contributed by atoms with Crippen LogP contribution in [-0.2, 0) is 13.1 Å². The van der Waals surface area contributed by atoms with E-state index in [1.54, 1.807) is 18.1 Å². The molecule has 0 amide bonds. The topological polar surface area (TPSA) is 58.3 Å². The Morgan fingerprint density at radius 1 is 1.43 bits per heavy atom. The number of nitrogens with one attached hydrogen (secondary N) is 1. The molecule has 0 aliphatic rings. The summed E-state index contributed by atoms with van der Waals surface area (Å²) in [6.45, 7) is 2.28. The minimum Gasteiger partial charge on any atom is -0.354 e. The van der Waals surface area contributed by atoms with Gasteiger partial charge in [-0.3, -0.25) is 9.67 Å². The van der Waals surface area contributed by atoms with Crippen LogP contribution in [0, 0.1) is 0 Å². The molecule has 7 heteroatoms. The highest BCUT2D eigenvalue weighted by Crippen LogP contribution is 2.17. The second-order valence-electron chi connectivity index (χ2n) is 4.58. The quantitative estimate of drug-likeness (QED) is 0.659. The SMILES string of the molecule is CN=C(NCCn1cncn1)N(C)Cc1ccccc1Br. The summed E-state index contributed by atoms with van der Waals surface area (Å²) in [6, 6.07) is 8.20. The fraction of sp³-hybridized carbons (Fsp3) is 0.357. The zero-order chi connectivity index (χ0) is 15.1. The van der Waals surface area contributed by atoms with E-state index in [1.165, 1.54) is 11.9 Å². The van der Waals surface area contributed by atoms with Crippen LogP contribution in [0.2, 0.25) is 0 Å². The first kappa shape index (κ1) is 15.5. The Labute approximate surface area is 133 Å². The van der Waals surface area contributed by atoms with Gasteiger partial charge in [0.1, 0.15) is 12.7 Å². The number of aromatic nitrogens is 3. The molecule has 6 nitrogen and oxygen atoms in total. The Hall–Kier alpha value is -1.89. The molecule has 0 saturated heterocycles. The number of aliphatic imine (C=N–C) groups is 1. The van der Waals surface area contributed by atoms with Crippen LogP contribution in [0.4, 0.5) is 0 Å². The minimum atomic E-state index is 0.746. The molecule has 0 aliphatic carbocycles. The van der Waals surface area contributed by atoms with Crippen molar-refractivity contribution in [2.24, 2.45) is 4.99 Å². The fourth-order valence-corrected chi connectivity index (χ4v) is 2.38. The lowest BCUT2D eigenvalue weighted by Crippen LogP contribution is -2.39. The molecule has 0 saturated carbocycles. The predicted octanol–water partition coefficient (Wildman–Crippen LogP) is 1.75. The zero-order valence-corrected chi connectivity index (χ0v) is 13.8. The summed E-state index contributed by atoms with van der Waals surface area (Å²) >= 11 is 3.57. The van der Waals surface area contributed by atoms with Gasteiger partial charge in [0.15, 0.2) is 5.96 Å².